The van der Waals surface area contributed by atoms with E-state index in [-0.39, 0.29) is 51.4 Å². The summed E-state index contributed by atoms with van der Waals surface area (Å²) in [6.07, 6.45) is -13.7. The van der Waals surface area contributed by atoms with Gasteiger partial charge in [0, 0.05) is 38.3 Å². The number of unbranched alkanes of at least 4 members (excludes halogenated alkanes) is 1. The molecule has 4 amide bonds. The number of aromatic amines is 1. The van der Waals surface area contributed by atoms with Gasteiger partial charge in [-0.25, -0.2) is 14.4 Å². The molecule has 15 unspecified atom stereocenters. The van der Waals surface area contributed by atoms with Crippen molar-refractivity contribution in [2.45, 2.75) is 172 Å². The molecule has 0 radical (unpaired) electrons. The van der Waals surface area contributed by atoms with Gasteiger partial charge in [-0.3, -0.25) is 38.5 Å². The SMILES string of the molecule is CC(C)CCCCC(=O)OC(C(C)C)C(NC(=O)C(NC(=O)NC(C(=O)O)C(C)C)C1CCN=C(N)N1)C(=O)NCCCNC(C(=O)O)C(OC1OC(CN)C(O)C1O)C1OC(n2ccc(=O)[nH]c2=O)C(O)C1O. The van der Waals surface area contributed by atoms with Gasteiger partial charge in [-0.2, -0.15) is 0 Å². The molecule has 2 fully saturated rings. The molecule has 0 spiro atoms. The number of aliphatic hydroxyl groups excluding tert-OH is 4. The second-order valence-electron chi connectivity index (χ2n) is 19.6. The number of rotatable bonds is 28. The Morgan fingerprint density at radius 1 is 0.838 bits per heavy atom. The monoisotopic (exact) mass is 1060 g/mol. The quantitative estimate of drug-likeness (QED) is 0.0277. The van der Waals surface area contributed by atoms with E-state index in [1.165, 1.54) is 0 Å². The Kier molecular flexibility index (Phi) is 23.2. The van der Waals surface area contributed by atoms with Crippen molar-refractivity contribution in [3.8, 4) is 0 Å². The van der Waals surface area contributed by atoms with E-state index in [4.69, 9.17) is 30.4 Å². The molecule has 4 rings (SSSR count). The number of carbonyl (C=O) groups is 6. The smallest absolute Gasteiger partial charge is 0.330 e. The summed E-state index contributed by atoms with van der Waals surface area (Å²) in [5, 5.41) is 79.5. The van der Waals surface area contributed by atoms with Gasteiger partial charge in [-0.05, 0) is 43.6 Å². The number of carboxylic acids is 2. The lowest BCUT2D eigenvalue weighted by molar-refractivity contribution is -0.228. The van der Waals surface area contributed by atoms with Crippen LogP contribution in [0.2, 0.25) is 0 Å². The van der Waals surface area contributed by atoms with Gasteiger partial charge in [0.2, 0.25) is 11.8 Å². The number of hydrogen-bond donors (Lipinski definition) is 15. The van der Waals surface area contributed by atoms with Crippen molar-refractivity contribution in [3.05, 3.63) is 33.1 Å². The van der Waals surface area contributed by atoms with Gasteiger partial charge in [0.15, 0.2) is 18.5 Å². The molecule has 0 aliphatic carbocycles. The Bertz CT molecular complexity index is 2210. The Balaban J connectivity index is 1.58. The van der Waals surface area contributed by atoms with Crippen LogP contribution < -0.4 is 54.6 Å². The second kappa shape index (κ2) is 28.2. The maximum absolute atomic E-state index is 14.4. The fourth-order valence-corrected chi connectivity index (χ4v) is 8.58. The molecule has 74 heavy (non-hydrogen) atoms. The summed E-state index contributed by atoms with van der Waals surface area (Å²) in [6.45, 7) is 9.88. The Morgan fingerprint density at radius 3 is 2.11 bits per heavy atom. The summed E-state index contributed by atoms with van der Waals surface area (Å²) in [5.41, 5.74) is 9.78. The topological polar surface area (TPSA) is 452 Å². The molecular weight excluding hydrogens is 983 g/mol. The number of ether oxygens (including phenoxy) is 4. The van der Waals surface area contributed by atoms with Crippen LogP contribution in [0.15, 0.2) is 26.8 Å². The van der Waals surface area contributed by atoms with Crippen LogP contribution in [0, 0.1) is 17.8 Å². The van der Waals surface area contributed by atoms with Crippen LogP contribution in [0.4, 0.5) is 4.79 Å². The number of nitrogens with two attached hydrogens (primary N) is 2. The van der Waals surface area contributed by atoms with Gasteiger partial charge in [0.1, 0.15) is 73.0 Å². The molecule has 418 valence electrons. The van der Waals surface area contributed by atoms with E-state index in [9.17, 15) is 69.0 Å². The summed E-state index contributed by atoms with van der Waals surface area (Å²) in [4.78, 5) is 111. The number of amides is 4. The van der Waals surface area contributed by atoms with Crippen molar-refractivity contribution < 1.29 is 78.4 Å². The molecule has 3 aliphatic rings. The lowest BCUT2D eigenvalue weighted by Crippen LogP contribution is -2.66. The number of esters is 1. The molecule has 0 saturated carbocycles. The van der Waals surface area contributed by atoms with E-state index in [0.29, 0.717) is 12.3 Å². The first-order chi connectivity index (χ1) is 34.9. The number of aliphatic carboxylic acids is 2. The lowest BCUT2D eigenvalue weighted by atomic mass is 9.96. The van der Waals surface area contributed by atoms with Crippen LogP contribution >= 0.6 is 0 Å². The molecule has 17 N–H and O–H groups in total. The van der Waals surface area contributed by atoms with Crippen molar-refractivity contribution >= 4 is 41.7 Å². The molecule has 29 nitrogen and oxygen atoms in total. The fourth-order valence-electron chi connectivity index (χ4n) is 8.58. The third kappa shape index (κ3) is 16.6. The fraction of sp³-hybridized carbons (Fsp3) is 0.756. The van der Waals surface area contributed by atoms with Crippen LogP contribution in [0.1, 0.15) is 86.3 Å². The highest BCUT2D eigenvalue weighted by Gasteiger charge is 2.54. The van der Waals surface area contributed by atoms with Crippen molar-refractivity contribution in [1.82, 2.24) is 41.5 Å². The summed E-state index contributed by atoms with van der Waals surface area (Å²) in [6, 6.07) is -7.36. The number of carboxylic acid groups (broad SMARTS) is 2. The average molecular weight is 1060 g/mol. The molecule has 0 aromatic carbocycles. The minimum Gasteiger partial charge on any atom is -0.480 e. The van der Waals surface area contributed by atoms with Crippen LogP contribution in [-0.2, 0) is 42.9 Å². The van der Waals surface area contributed by atoms with Crippen LogP contribution in [0.3, 0.4) is 0 Å². The predicted octanol–water partition coefficient (Wildman–Crippen LogP) is -4.78. The van der Waals surface area contributed by atoms with Gasteiger partial charge in [-0.1, -0.05) is 54.4 Å². The summed E-state index contributed by atoms with van der Waals surface area (Å²) < 4.78 is 23.9. The first-order valence-electron chi connectivity index (χ1n) is 24.7. The number of urea groups is 1. The van der Waals surface area contributed by atoms with E-state index in [1.807, 2.05) is 18.8 Å². The predicted molar refractivity (Wildman–Crippen MR) is 259 cm³/mol. The van der Waals surface area contributed by atoms with Gasteiger partial charge in [-0.15, -0.1) is 0 Å². The third-order valence-corrected chi connectivity index (χ3v) is 12.7. The highest BCUT2D eigenvalue weighted by Crippen LogP contribution is 2.34. The summed E-state index contributed by atoms with van der Waals surface area (Å²) >= 11 is 0. The zero-order valence-electron chi connectivity index (χ0n) is 42.2. The number of nitrogens with one attached hydrogen (secondary N) is 7. The van der Waals surface area contributed by atoms with Crippen molar-refractivity contribution in [1.29, 1.82) is 0 Å². The Morgan fingerprint density at radius 2 is 1.53 bits per heavy atom. The molecular formula is C45H75N11O18. The number of aromatic nitrogens is 2. The van der Waals surface area contributed by atoms with E-state index >= 15 is 0 Å². The molecule has 1 aromatic heterocycles. The molecule has 0 bridgehead atoms. The number of aliphatic hydroxyl groups is 4. The maximum atomic E-state index is 14.4. The standard InChI is InChI=1S/C45H75N11O18/c1-19(2)10-7-8-11-25(58)72-34(21(5)6)28(53-38(64)27(22-12-16-50-43(47)51-22)55-44(69)54-26(20(3)4)40(65)66)37(63)49-15-9-14-48-29(41(67)68)35(74-42-33(62)30(59)23(18-46)71-42)36-31(60)32(61)39(73-36)56-17-13-24(57)52-45(56)70/h13,17,19-23,26-36,39,42,48,59-62H,7-12,14-16,18,46H2,1-6H3,(H,49,63)(H,53,64)(H,65,66)(H,67,68)(H3,47,50,51)(H,52,57,70)(H2,54,55,69). The number of H-pyrrole nitrogens is 1. The van der Waals surface area contributed by atoms with Crippen molar-refractivity contribution in [3.63, 3.8) is 0 Å². The van der Waals surface area contributed by atoms with Gasteiger partial charge < -0.3 is 93.0 Å². The second-order valence-corrected chi connectivity index (χ2v) is 19.6. The normalized spacial score (nSPS) is 26.2. The Hall–Kier alpha value is -5.79. The number of aliphatic imine (C=N–C) groups is 1. The lowest BCUT2D eigenvalue weighted by Gasteiger charge is -2.34. The molecule has 1 aromatic rings. The largest absolute Gasteiger partial charge is 0.480 e. The number of guanidine groups is 1. The van der Waals surface area contributed by atoms with Crippen LogP contribution in [0.5, 0.6) is 0 Å². The van der Waals surface area contributed by atoms with Crippen LogP contribution in [0.25, 0.3) is 0 Å². The number of nitrogens with zero attached hydrogens (tertiary/aromatic N) is 2. The first kappa shape index (κ1) is 60.8. The summed E-state index contributed by atoms with van der Waals surface area (Å²) in [5.74, 6) is -6.23. The van der Waals surface area contributed by atoms with E-state index < -0.39 is 150 Å². The zero-order valence-corrected chi connectivity index (χ0v) is 42.2. The highest BCUT2D eigenvalue weighted by molar-refractivity contribution is 5.94. The number of hydrogen-bond acceptors (Lipinski definition) is 21. The van der Waals surface area contributed by atoms with Crippen molar-refractivity contribution in [2.24, 2.45) is 34.2 Å². The van der Waals surface area contributed by atoms with E-state index in [1.54, 1.807) is 27.7 Å². The average Bonchev–Trinajstić information content (AvgIpc) is 3.77. The van der Waals surface area contributed by atoms with E-state index in [0.717, 1.165) is 29.7 Å². The highest BCUT2D eigenvalue weighted by atomic mass is 16.7. The zero-order chi connectivity index (χ0) is 55.1. The molecule has 3 aliphatic heterocycles. The minimum absolute atomic E-state index is 0.00308. The van der Waals surface area contributed by atoms with Crippen molar-refractivity contribution in [2.75, 3.05) is 26.2 Å². The molecule has 15 atom stereocenters. The van der Waals surface area contributed by atoms with Gasteiger partial charge in [0.05, 0.1) is 6.04 Å². The first-order valence-corrected chi connectivity index (χ1v) is 24.7. The molecule has 4 heterocycles. The number of carbonyl (C=O) groups excluding carboxylic acids is 4. The van der Waals surface area contributed by atoms with Gasteiger partial charge >= 0.3 is 29.6 Å². The van der Waals surface area contributed by atoms with Crippen LogP contribution in [-0.4, -0.2) is 193 Å². The van der Waals surface area contributed by atoms with Gasteiger partial charge in [0.25, 0.3) is 5.56 Å². The maximum Gasteiger partial charge on any atom is 0.330 e. The molecule has 2 saturated heterocycles. The third-order valence-electron chi connectivity index (χ3n) is 12.7. The van der Waals surface area contributed by atoms with E-state index in [2.05, 4.69) is 36.9 Å². The Labute approximate surface area is 425 Å². The minimum atomic E-state index is -1.97. The molecule has 29 heteroatoms. The summed E-state index contributed by atoms with van der Waals surface area (Å²) in [7, 11) is 0.